The lowest BCUT2D eigenvalue weighted by molar-refractivity contribution is -0.125. The first kappa shape index (κ1) is 19.2. The number of amides is 2. The first-order valence-corrected chi connectivity index (χ1v) is 9.84. The molecule has 1 aliphatic carbocycles. The molecule has 0 aliphatic heterocycles. The number of rotatable bonds is 6. The van der Waals surface area contributed by atoms with Crippen molar-refractivity contribution in [2.24, 2.45) is 5.92 Å². The van der Waals surface area contributed by atoms with Crippen molar-refractivity contribution < 1.29 is 9.59 Å². The molecule has 0 saturated heterocycles. The summed E-state index contributed by atoms with van der Waals surface area (Å²) in [5, 5.41) is 6.14. The Hall–Kier alpha value is -2.62. The van der Waals surface area contributed by atoms with Crippen molar-refractivity contribution >= 4 is 11.8 Å². The van der Waals surface area contributed by atoms with Gasteiger partial charge in [-0.15, -0.1) is 0 Å². The van der Waals surface area contributed by atoms with E-state index in [2.05, 4.69) is 22.8 Å². The zero-order valence-corrected chi connectivity index (χ0v) is 16.1. The molecule has 0 unspecified atom stereocenters. The number of carbonyl (C=O) groups is 2. The van der Waals surface area contributed by atoms with E-state index < -0.39 is 6.04 Å². The van der Waals surface area contributed by atoms with Gasteiger partial charge in [0.2, 0.25) is 5.91 Å². The molecule has 1 aliphatic rings. The van der Waals surface area contributed by atoms with E-state index in [0.717, 1.165) is 25.7 Å². The molecule has 0 bridgehead atoms. The fourth-order valence-electron chi connectivity index (χ4n) is 3.68. The smallest absolute Gasteiger partial charge is 0.251 e. The summed E-state index contributed by atoms with van der Waals surface area (Å²) in [5.74, 6) is -0.257. The van der Waals surface area contributed by atoms with Gasteiger partial charge in [0.05, 0.1) is 6.04 Å². The van der Waals surface area contributed by atoms with Gasteiger partial charge in [-0.3, -0.25) is 9.59 Å². The third-order valence-electron chi connectivity index (χ3n) is 5.50. The topological polar surface area (TPSA) is 58.2 Å². The van der Waals surface area contributed by atoms with E-state index in [-0.39, 0.29) is 23.8 Å². The first-order valence-electron chi connectivity index (χ1n) is 9.84. The van der Waals surface area contributed by atoms with E-state index in [1.54, 1.807) is 12.1 Å². The number of hydrogen-bond acceptors (Lipinski definition) is 2. The normalized spacial score (nSPS) is 18.1. The molecule has 3 rings (SSSR count). The second-order valence-corrected chi connectivity index (χ2v) is 7.35. The number of fused-ring (bicyclic) bond motifs is 1. The molecule has 0 heterocycles. The van der Waals surface area contributed by atoms with Crippen LogP contribution in [0.25, 0.3) is 0 Å². The Bertz CT molecular complexity index is 788. The van der Waals surface area contributed by atoms with Gasteiger partial charge in [0.15, 0.2) is 0 Å². The SMILES string of the molecule is CC[C@H](C)[C@H](NC(=O)c1ccccc1)C(=O)N[C@@H]1CCCc2ccccc21. The second-order valence-electron chi connectivity index (χ2n) is 7.35. The van der Waals surface area contributed by atoms with Gasteiger partial charge in [0.25, 0.3) is 5.91 Å². The number of carbonyl (C=O) groups excluding carboxylic acids is 2. The Morgan fingerprint density at radius 2 is 1.78 bits per heavy atom. The lowest BCUT2D eigenvalue weighted by Gasteiger charge is -2.30. The average molecular weight is 364 g/mol. The molecule has 2 amide bonds. The molecule has 2 aromatic rings. The zero-order chi connectivity index (χ0) is 19.2. The van der Waals surface area contributed by atoms with Crippen molar-refractivity contribution in [3.8, 4) is 0 Å². The minimum Gasteiger partial charge on any atom is -0.347 e. The maximum atomic E-state index is 13.1. The molecule has 3 atom stereocenters. The van der Waals surface area contributed by atoms with E-state index >= 15 is 0 Å². The van der Waals surface area contributed by atoms with Crippen LogP contribution >= 0.6 is 0 Å². The predicted molar refractivity (Wildman–Crippen MR) is 107 cm³/mol. The maximum Gasteiger partial charge on any atom is 0.251 e. The van der Waals surface area contributed by atoms with Crippen molar-refractivity contribution in [3.63, 3.8) is 0 Å². The largest absolute Gasteiger partial charge is 0.347 e. The van der Waals surface area contributed by atoms with Gasteiger partial charge < -0.3 is 10.6 Å². The number of benzene rings is 2. The van der Waals surface area contributed by atoms with Gasteiger partial charge in [-0.25, -0.2) is 0 Å². The summed E-state index contributed by atoms with van der Waals surface area (Å²) >= 11 is 0. The molecule has 2 aromatic carbocycles. The summed E-state index contributed by atoms with van der Waals surface area (Å²) in [5.41, 5.74) is 3.08. The molecule has 2 N–H and O–H groups in total. The van der Waals surface area contributed by atoms with Crippen molar-refractivity contribution in [1.82, 2.24) is 10.6 Å². The minimum atomic E-state index is -0.545. The minimum absolute atomic E-state index is 0.0163. The van der Waals surface area contributed by atoms with Gasteiger partial charge >= 0.3 is 0 Å². The zero-order valence-electron chi connectivity index (χ0n) is 16.1. The highest BCUT2D eigenvalue weighted by Crippen LogP contribution is 2.29. The third-order valence-corrected chi connectivity index (χ3v) is 5.50. The van der Waals surface area contributed by atoms with Gasteiger partial charge in [0, 0.05) is 5.56 Å². The number of nitrogens with one attached hydrogen (secondary N) is 2. The molecule has 142 valence electrons. The molecule has 0 spiro atoms. The monoisotopic (exact) mass is 364 g/mol. The molecule has 4 nitrogen and oxygen atoms in total. The second kappa shape index (κ2) is 8.85. The standard InChI is InChI=1S/C23H28N2O2/c1-3-16(2)21(25-22(26)18-11-5-4-6-12-18)23(27)24-20-15-9-13-17-10-7-8-14-19(17)20/h4-8,10-12,14,16,20-21H,3,9,13,15H2,1-2H3,(H,24,27)(H,25,26)/t16-,20+,21-/m0/s1. The van der Waals surface area contributed by atoms with Crippen LogP contribution < -0.4 is 10.6 Å². The van der Waals surface area contributed by atoms with E-state index in [4.69, 9.17) is 0 Å². The lowest BCUT2D eigenvalue weighted by Crippen LogP contribution is -2.51. The molecular formula is C23H28N2O2. The van der Waals surface area contributed by atoms with Crippen LogP contribution in [0.3, 0.4) is 0 Å². The summed E-state index contributed by atoms with van der Waals surface area (Å²) in [6, 6.07) is 16.8. The highest BCUT2D eigenvalue weighted by molar-refractivity contribution is 5.97. The highest BCUT2D eigenvalue weighted by Gasteiger charge is 2.29. The van der Waals surface area contributed by atoms with E-state index in [1.807, 2.05) is 44.2 Å². The summed E-state index contributed by atoms with van der Waals surface area (Å²) < 4.78 is 0. The molecule has 0 aromatic heterocycles. The highest BCUT2D eigenvalue weighted by atomic mass is 16.2. The molecule has 0 saturated carbocycles. The molecular weight excluding hydrogens is 336 g/mol. The van der Waals surface area contributed by atoms with Crippen molar-refractivity contribution in [2.75, 3.05) is 0 Å². The summed E-state index contributed by atoms with van der Waals surface area (Å²) in [7, 11) is 0. The third kappa shape index (κ3) is 4.57. The number of hydrogen-bond donors (Lipinski definition) is 2. The van der Waals surface area contributed by atoms with Crippen LogP contribution in [0, 0.1) is 5.92 Å². The number of aryl methyl sites for hydroxylation is 1. The van der Waals surface area contributed by atoms with Crippen molar-refractivity contribution in [2.45, 2.75) is 51.6 Å². The average Bonchev–Trinajstić information content (AvgIpc) is 2.72. The Morgan fingerprint density at radius 3 is 2.52 bits per heavy atom. The fourth-order valence-corrected chi connectivity index (χ4v) is 3.68. The quantitative estimate of drug-likeness (QED) is 0.813. The Labute approximate surface area is 161 Å². The predicted octanol–water partition coefficient (Wildman–Crippen LogP) is 4.02. The Morgan fingerprint density at radius 1 is 1.07 bits per heavy atom. The fraction of sp³-hybridized carbons (Fsp3) is 0.391. The Kier molecular flexibility index (Phi) is 6.28. The molecule has 27 heavy (non-hydrogen) atoms. The van der Waals surface area contributed by atoms with Crippen LogP contribution in [-0.4, -0.2) is 17.9 Å². The van der Waals surface area contributed by atoms with Crippen LogP contribution in [0.5, 0.6) is 0 Å². The Balaban J connectivity index is 1.74. The summed E-state index contributed by atoms with van der Waals surface area (Å²) in [6.45, 7) is 4.04. The molecule has 0 fully saturated rings. The van der Waals surface area contributed by atoms with Gasteiger partial charge in [-0.05, 0) is 48.4 Å². The van der Waals surface area contributed by atoms with Crippen LogP contribution in [-0.2, 0) is 11.2 Å². The van der Waals surface area contributed by atoms with Crippen molar-refractivity contribution in [1.29, 1.82) is 0 Å². The maximum absolute atomic E-state index is 13.1. The van der Waals surface area contributed by atoms with Crippen molar-refractivity contribution in [3.05, 3.63) is 71.3 Å². The summed E-state index contributed by atoms with van der Waals surface area (Å²) in [4.78, 5) is 25.6. The van der Waals surface area contributed by atoms with E-state index in [9.17, 15) is 9.59 Å². The molecule has 4 heteroatoms. The van der Waals surface area contributed by atoms with Crippen LogP contribution in [0.4, 0.5) is 0 Å². The van der Waals surface area contributed by atoms with E-state index in [1.165, 1.54) is 11.1 Å². The van der Waals surface area contributed by atoms with E-state index in [0.29, 0.717) is 5.56 Å². The van der Waals surface area contributed by atoms with Gasteiger partial charge in [-0.1, -0.05) is 62.7 Å². The lowest BCUT2D eigenvalue weighted by atomic mass is 9.87. The van der Waals surface area contributed by atoms with Gasteiger partial charge in [0.1, 0.15) is 6.04 Å². The van der Waals surface area contributed by atoms with Crippen LogP contribution in [0.1, 0.15) is 60.6 Å². The van der Waals surface area contributed by atoms with Crippen LogP contribution in [0.15, 0.2) is 54.6 Å². The molecule has 0 radical (unpaired) electrons. The first-order chi connectivity index (χ1) is 13.1. The van der Waals surface area contributed by atoms with Crippen LogP contribution in [0.2, 0.25) is 0 Å². The van der Waals surface area contributed by atoms with Gasteiger partial charge in [-0.2, -0.15) is 0 Å². The summed E-state index contributed by atoms with van der Waals surface area (Å²) in [6.07, 6.45) is 3.87.